The Morgan fingerprint density at radius 1 is 1.28 bits per heavy atom. The molecule has 0 saturated carbocycles. The number of hydrogen-bond donors (Lipinski definition) is 2. The minimum atomic E-state index is -0.559. The van der Waals surface area contributed by atoms with Crippen molar-refractivity contribution < 1.29 is 18.7 Å². The number of nitrogens with zero attached hydrogens (tertiary/aromatic N) is 1. The molecule has 2 heterocycles. The van der Waals surface area contributed by atoms with Crippen molar-refractivity contribution in [3.63, 3.8) is 0 Å². The number of nitrogens with one attached hydrogen (secondary N) is 2. The number of aryl methyl sites for hydroxylation is 2. The lowest BCUT2D eigenvalue weighted by molar-refractivity contribution is -0.148. The van der Waals surface area contributed by atoms with E-state index in [9.17, 15) is 14.4 Å². The number of para-hydroxylation sites is 1. The van der Waals surface area contributed by atoms with Crippen molar-refractivity contribution in [2.75, 3.05) is 6.61 Å². The van der Waals surface area contributed by atoms with Gasteiger partial charge in [0.15, 0.2) is 6.61 Å². The molecule has 0 saturated heterocycles. The number of aromatic amines is 1. The maximum atomic E-state index is 12.1. The van der Waals surface area contributed by atoms with E-state index in [1.54, 1.807) is 20.8 Å². The van der Waals surface area contributed by atoms with Gasteiger partial charge in [-0.3, -0.25) is 14.4 Å². The quantitative estimate of drug-likeness (QED) is 0.592. The summed E-state index contributed by atoms with van der Waals surface area (Å²) in [6.45, 7) is 4.80. The zero-order chi connectivity index (χ0) is 21.0. The number of esters is 1. The van der Waals surface area contributed by atoms with Crippen LogP contribution in [-0.2, 0) is 20.7 Å². The van der Waals surface area contributed by atoms with Crippen LogP contribution in [0.2, 0.25) is 0 Å². The Hall–Kier alpha value is -3.42. The second-order valence-corrected chi connectivity index (χ2v) is 6.85. The van der Waals surface area contributed by atoms with Crippen LogP contribution >= 0.6 is 0 Å². The molecule has 0 aliphatic carbocycles. The first kappa shape index (κ1) is 20.3. The molecule has 2 N–H and O–H groups in total. The standard InChI is InChI=1S/C21H23N3O5/c1-12-16(21(27)24-14(3)22-12)8-9-20(26)28-11-19(25)23-13(2)18-10-15-6-4-5-7-17(15)29-18/h4-7,10,13H,8-9,11H2,1-3H3,(H,23,25)(H,22,24,27). The summed E-state index contributed by atoms with van der Waals surface area (Å²) in [6, 6.07) is 9.06. The summed E-state index contributed by atoms with van der Waals surface area (Å²) in [6.07, 6.45) is 0.186. The van der Waals surface area contributed by atoms with Gasteiger partial charge in [-0.25, -0.2) is 4.98 Å². The highest BCUT2D eigenvalue weighted by atomic mass is 16.5. The van der Waals surface area contributed by atoms with E-state index in [-0.39, 0.29) is 24.4 Å². The van der Waals surface area contributed by atoms with E-state index in [0.29, 0.717) is 22.8 Å². The van der Waals surface area contributed by atoms with Crippen molar-refractivity contribution in [1.82, 2.24) is 15.3 Å². The number of rotatable bonds is 7. The molecule has 1 atom stereocenters. The van der Waals surface area contributed by atoms with Crippen molar-refractivity contribution in [2.45, 2.75) is 39.7 Å². The molecule has 8 nitrogen and oxygen atoms in total. The van der Waals surface area contributed by atoms with Gasteiger partial charge in [0.2, 0.25) is 0 Å². The van der Waals surface area contributed by atoms with Crippen molar-refractivity contribution >= 4 is 22.8 Å². The van der Waals surface area contributed by atoms with Crippen LogP contribution in [0.15, 0.2) is 39.5 Å². The first-order valence-corrected chi connectivity index (χ1v) is 9.33. The van der Waals surface area contributed by atoms with E-state index in [1.807, 2.05) is 30.3 Å². The molecule has 3 aromatic rings. The molecule has 1 unspecified atom stereocenters. The van der Waals surface area contributed by atoms with Gasteiger partial charge in [0, 0.05) is 23.1 Å². The van der Waals surface area contributed by atoms with E-state index in [1.165, 1.54) is 0 Å². The van der Waals surface area contributed by atoms with E-state index in [0.717, 1.165) is 11.0 Å². The number of amides is 1. The van der Waals surface area contributed by atoms with Gasteiger partial charge in [0.25, 0.3) is 11.5 Å². The van der Waals surface area contributed by atoms with Gasteiger partial charge in [-0.2, -0.15) is 0 Å². The molecular weight excluding hydrogens is 374 g/mol. The molecular formula is C21H23N3O5. The average Bonchev–Trinajstić information content (AvgIpc) is 3.10. The van der Waals surface area contributed by atoms with E-state index >= 15 is 0 Å². The normalized spacial score (nSPS) is 12.0. The minimum Gasteiger partial charge on any atom is -0.459 e. The highest BCUT2D eigenvalue weighted by molar-refractivity contribution is 5.81. The fraction of sp³-hybridized carbons (Fsp3) is 0.333. The maximum absolute atomic E-state index is 12.1. The Kier molecular flexibility index (Phi) is 6.11. The van der Waals surface area contributed by atoms with Crippen LogP contribution in [0.3, 0.4) is 0 Å². The second-order valence-electron chi connectivity index (χ2n) is 6.85. The van der Waals surface area contributed by atoms with Crippen LogP contribution in [0.1, 0.15) is 42.2 Å². The fourth-order valence-electron chi connectivity index (χ4n) is 3.06. The molecule has 2 aromatic heterocycles. The topological polar surface area (TPSA) is 114 Å². The van der Waals surface area contributed by atoms with Crippen LogP contribution in [0.5, 0.6) is 0 Å². The Bertz CT molecular complexity index is 1070. The Labute approximate surface area is 167 Å². The highest BCUT2D eigenvalue weighted by Gasteiger charge is 2.16. The number of aromatic nitrogens is 2. The minimum absolute atomic E-state index is 0.0128. The highest BCUT2D eigenvalue weighted by Crippen LogP contribution is 2.23. The molecule has 0 radical (unpaired) electrons. The van der Waals surface area contributed by atoms with Crippen LogP contribution in [0, 0.1) is 13.8 Å². The SMILES string of the molecule is Cc1nc(C)c(CCC(=O)OCC(=O)NC(C)c2cc3ccccc3o2)c(=O)[nH]1. The second kappa shape index (κ2) is 8.72. The van der Waals surface area contributed by atoms with Gasteiger partial charge in [-0.1, -0.05) is 18.2 Å². The molecule has 3 rings (SSSR count). The van der Waals surface area contributed by atoms with Crippen molar-refractivity contribution in [1.29, 1.82) is 0 Å². The number of carbonyl (C=O) groups is 2. The predicted molar refractivity (Wildman–Crippen MR) is 106 cm³/mol. The lowest BCUT2D eigenvalue weighted by atomic mass is 10.1. The lowest BCUT2D eigenvalue weighted by Crippen LogP contribution is -2.31. The van der Waals surface area contributed by atoms with Crippen LogP contribution < -0.4 is 10.9 Å². The number of carbonyl (C=O) groups excluding carboxylic acids is 2. The first-order chi connectivity index (χ1) is 13.8. The fourth-order valence-corrected chi connectivity index (χ4v) is 3.06. The third-order valence-electron chi connectivity index (χ3n) is 4.53. The van der Waals surface area contributed by atoms with Gasteiger partial charge < -0.3 is 19.5 Å². The molecule has 0 aliphatic heterocycles. The molecule has 1 aromatic carbocycles. The number of benzene rings is 1. The summed E-state index contributed by atoms with van der Waals surface area (Å²) in [5.41, 5.74) is 1.50. The lowest BCUT2D eigenvalue weighted by Gasteiger charge is -2.11. The van der Waals surface area contributed by atoms with Gasteiger partial charge in [0.05, 0.1) is 6.04 Å². The zero-order valence-electron chi connectivity index (χ0n) is 16.6. The third kappa shape index (κ3) is 5.10. The molecule has 0 spiro atoms. The van der Waals surface area contributed by atoms with Gasteiger partial charge >= 0.3 is 5.97 Å². The van der Waals surface area contributed by atoms with E-state index in [2.05, 4.69) is 15.3 Å². The summed E-state index contributed by atoms with van der Waals surface area (Å²) < 4.78 is 10.7. The van der Waals surface area contributed by atoms with Crippen molar-refractivity contribution in [2.24, 2.45) is 0 Å². The number of furan rings is 1. The van der Waals surface area contributed by atoms with Crippen molar-refractivity contribution in [3.8, 4) is 0 Å². The number of fused-ring (bicyclic) bond motifs is 1. The van der Waals surface area contributed by atoms with Crippen molar-refractivity contribution in [3.05, 3.63) is 63.5 Å². The number of ether oxygens (including phenoxy) is 1. The summed E-state index contributed by atoms with van der Waals surface area (Å²) in [5, 5.41) is 3.69. The first-order valence-electron chi connectivity index (χ1n) is 9.33. The molecule has 1 amide bonds. The van der Waals surface area contributed by atoms with Crippen LogP contribution in [0.4, 0.5) is 0 Å². The molecule has 29 heavy (non-hydrogen) atoms. The summed E-state index contributed by atoms with van der Waals surface area (Å²) in [5.74, 6) is 0.148. The summed E-state index contributed by atoms with van der Waals surface area (Å²) in [7, 11) is 0. The maximum Gasteiger partial charge on any atom is 0.306 e. The molecule has 0 fully saturated rings. The molecule has 0 bridgehead atoms. The number of hydrogen-bond acceptors (Lipinski definition) is 6. The van der Waals surface area contributed by atoms with Gasteiger partial charge in [-0.05, 0) is 39.3 Å². The van der Waals surface area contributed by atoms with Gasteiger partial charge in [0.1, 0.15) is 17.2 Å². The Balaban J connectivity index is 1.47. The third-order valence-corrected chi connectivity index (χ3v) is 4.53. The van der Waals surface area contributed by atoms with Crippen LogP contribution in [0.25, 0.3) is 11.0 Å². The summed E-state index contributed by atoms with van der Waals surface area (Å²) >= 11 is 0. The smallest absolute Gasteiger partial charge is 0.306 e. The predicted octanol–water partition coefficient (Wildman–Crippen LogP) is 2.49. The van der Waals surface area contributed by atoms with Crippen LogP contribution in [-0.4, -0.2) is 28.5 Å². The molecule has 152 valence electrons. The Morgan fingerprint density at radius 3 is 2.76 bits per heavy atom. The zero-order valence-corrected chi connectivity index (χ0v) is 16.6. The van der Waals surface area contributed by atoms with Gasteiger partial charge in [-0.15, -0.1) is 0 Å². The monoisotopic (exact) mass is 397 g/mol. The summed E-state index contributed by atoms with van der Waals surface area (Å²) in [4.78, 5) is 42.7. The number of H-pyrrole nitrogens is 1. The average molecular weight is 397 g/mol. The molecule has 0 aliphatic rings. The molecule has 8 heteroatoms. The largest absolute Gasteiger partial charge is 0.459 e. The van der Waals surface area contributed by atoms with E-state index < -0.39 is 18.5 Å². The van der Waals surface area contributed by atoms with E-state index in [4.69, 9.17) is 9.15 Å². The Morgan fingerprint density at radius 2 is 2.03 bits per heavy atom.